The molecule has 0 fully saturated rings. The molecule has 0 aliphatic carbocycles. The fraction of sp³-hybridized carbons (Fsp3) is 0.562. The monoisotopic (exact) mass is 404 g/mol. The van der Waals surface area contributed by atoms with Gasteiger partial charge in [0.25, 0.3) is 21.8 Å². The topological polar surface area (TPSA) is 148 Å². The van der Waals surface area contributed by atoms with E-state index >= 15 is 0 Å². The molecule has 0 saturated carbocycles. The van der Waals surface area contributed by atoms with Gasteiger partial charge in [-0.05, 0) is 19.4 Å². The van der Waals surface area contributed by atoms with Crippen LogP contribution < -0.4 is 5.73 Å². The Morgan fingerprint density at radius 2 is 1.78 bits per heavy atom. The normalized spacial score (nSPS) is 13.3. The van der Waals surface area contributed by atoms with Gasteiger partial charge in [-0.25, -0.2) is 0 Å². The van der Waals surface area contributed by atoms with Gasteiger partial charge < -0.3 is 15.2 Å². The summed E-state index contributed by atoms with van der Waals surface area (Å²) in [4.78, 5) is 22.2. The summed E-state index contributed by atoms with van der Waals surface area (Å²) in [5.74, 6) is -3.60. The van der Waals surface area contributed by atoms with Gasteiger partial charge in [-0.2, -0.15) is 8.42 Å². The molecule has 0 radical (unpaired) electrons. The average Bonchev–Trinajstić information content (AvgIpc) is 2.60. The Hall–Kier alpha value is -2.08. The second-order valence-electron chi connectivity index (χ2n) is 5.47. The fourth-order valence-corrected chi connectivity index (χ4v) is 4.00. The number of hydrogen-bond donors (Lipinski definition) is 1. The Bertz CT molecular complexity index is 717. The van der Waals surface area contributed by atoms with Crippen molar-refractivity contribution in [2.75, 3.05) is 19.8 Å². The van der Waals surface area contributed by atoms with E-state index in [1.165, 1.54) is 13.8 Å². The largest absolute Gasteiger partial charge is 0.365 e. The molecule has 152 valence electrons. The zero-order chi connectivity index (χ0) is 20.5. The number of rotatable bonds is 13. The van der Waals surface area contributed by atoms with Gasteiger partial charge in [0, 0.05) is 24.6 Å². The van der Waals surface area contributed by atoms with Crippen LogP contribution in [0.1, 0.15) is 25.8 Å². The third kappa shape index (κ3) is 6.24. The lowest BCUT2D eigenvalue weighted by molar-refractivity contribution is -0.481. The number of ether oxygens (including phenoxy) is 2. The van der Waals surface area contributed by atoms with Crippen LogP contribution in [0.3, 0.4) is 0 Å². The van der Waals surface area contributed by atoms with Crippen LogP contribution >= 0.6 is 0 Å². The van der Waals surface area contributed by atoms with E-state index in [1.807, 2.05) is 0 Å². The van der Waals surface area contributed by atoms with Gasteiger partial charge in [0.05, 0.1) is 6.61 Å². The molecule has 0 aliphatic rings. The smallest absolute Gasteiger partial charge is 0.279 e. The number of benzene rings is 1. The molecule has 1 rings (SSSR count). The number of nitrogens with zero attached hydrogens (tertiary/aromatic N) is 1. The van der Waals surface area contributed by atoms with Crippen LogP contribution in [0.5, 0.6) is 0 Å². The molecule has 1 atom stereocenters. The van der Waals surface area contributed by atoms with Crippen LogP contribution in [-0.2, 0) is 35.2 Å². The van der Waals surface area contributed by atoms with Crippen LogP contribution in [0.2, 0.25) is 0 Å². The van der Waals surface area contributed by atoms with Crippen molar-refractivity contribution in [2.45, 2.75) is 37.9 Å². The third-order valence-electron chi connectivity index (χ3n) is 3.64. The summed E-state index contributed by atoms with van der Waals surface area (Å²) >= 11 is 0. The number of primary amides is 1. The standard InChI is InChI=1S/C16H24N2O8S/c1-3-24-16(15(17)19,25-4-2)14(10-11-18(20)21)27(22,23)26-12-13-8-6-5-7-9-13/h5-9,14H,3-4,10-12H2,1-2H3,(H2,17,19). The van der Waals surface area contributed by atoms with E-state index in [0.717, 1.165) is 0 Å². The van der Waals surface area contributed by atoms with Crippen molar-refractivity contribution in [1.82, 2.24) is 0 Å². The highest BCUT2D eigenvalue weighted by Gasteiger charge is 2.54. The molecule has 1 aromatic carbocycles. The Labute approximate surface area is 157 Å². The highest BCUT2D eigenvalue weighted by atomic mass is 32.2. The van der Waals surface area contributed by atoms with Gasteiger partial charge in [-0.3, -0.25) is 19.1 Å². The first-order valence-corrected chi connectivity index (χ1v) is 9.78. The van der Waals surface area contributed by atoms with E-state index in [0.29, 0.717) is 5.56 Å². The fourth-order valence-electron chi connectivity index (χ4n) is 2.51. The molecule has 0 bridgehead atoms. The van der Waals surface area contributed by atoms with E-state index in [4.69, 9.17) is 19.4 Å². The molecule has 0 aromatic heterocycles. The minimum Gasteiger partial charge on any atom is -0.365 e. The minimum absolute atomic E-state index is 0.105. The molecule has 27 heavy (non-hydrogen) atoms. The molecular weight excluding hydrogens is 380 g/mol. The van der Waals surface area contributed by atoms with Crippen molar-refractivity contribution in [3.63, 3.8) is 0 Å². The molecule has 11 heteroatoms. The Morgan fingerprint density at radius 3 is 2.22 bits per heavy atom. The van der Waals surface area contributed by atoms with E-state index in [9.17, 15) is 23.3 Å². The van der Waals surface area contributed by atoms with Crippen molar-refractivity contribution in [1.29, 1.82) is 0 Å². The number of hydrogen-bond acceptors (Lipinski definition) is 8. The summed E-state index contributed by atoms with van der Waals surface area (Å²) < 4.78 is 41.2. The molecule has 2 N–H and O–H groups in total. The summed E-state index contributed by atoms with van der Waals surface area (Å²) in [6, 6.07) is 8.44. The van der Waals surface area contributed by atoms with Gasteiger partial charge in [0.15, 0.2) is 5.25 Å². The quantitative estimate of drug-likeness (QED) is 0.220. The highest BCUT2D eigenvalue weighted by Crippen LogP contribution is 2.29. The summed E-state index contributed by atoms with van der Waals surface area (Å²) in [5.41, 5.74) is 5.94. The van der Waals surface area contributed by atoms with Crippen molar-refractivity contribution < 1.29 is 31.8 Å². The number of nitrogens with two attached hydrogens (primary N) is 1. The number of nitro groups is 1. The lowest BCUT2D eigenvalue weighted by Gasteiger charge is -2.35. The van der Waals surface area contributed by atoms with Gasteiger partial charge in [0.1, 0.15) is 0 Å². The van der Waals surface area contributed by atoms with Crippen molar-refractivity contribution in [3.05, 3.63) is 46.0 Å². The van der Waals surface area contributed by atoms with Crippen molar-refractivity contribution in [2.24, 2.45) is 5.73 Å². The van der Waals surface area contributed by atoms with Crippen molar-refractivity contribution >= 4 is 16.0 Å². The number of amides is 1. The van der Waals surface area contributed by atoms with Crippen LogP contribution in [-0.4, -0.2) is 50.0 Å². The maximum Gasteiger partial charge on any atom is 0.279 e. The molecule has 0 aliphatic heterocycles. The summed E-state index contributed by atoms with van der Waals surface area (Å²) in [6.07, 6.45) is -0.576. The number of carbonyl (C=O) groups is 1. The first kappa shape index (κ1) is 23.0. The average molecular weight is 404 g/mol. The van der Waals surface area contributed by atoms with Gasteiger partial charge in [0.2, 0.25) is 6.54 Å². The van der Waals surface area contributed by atoms with E-state index in [-0.39, 0.29) is 19.8 Å². The summed E-state index contributed by atoms with van der Waals surface area (Å²) in [7, 11) is -4.52. The second kappa shape index (κ2) is 10.3. The first-order chi connectivity index (χ1) is 12.7. The predicted molar refractivity (Wildman–Crippen MR) is 95.6 cm³/mol. The summed E-state index contributed by atoms with van der Waals surface area (Å²) in [6.45, 7) is 1.76. The number of carbonyl (C=O) groups excluding carboxylic acids is 1. The van der Waals surface area contributed by atoms with Crippen LogP contribution in [0.15, 0.2) is 30.3 Å². The molecule has 1 amide bonds. The maximum atomic E-state index is 12.8. The highest BCUT2D eigenvalue weighted by molar-refractivity contribution is 7.87. The second-order valence-corrected chi connectivity index (χ2v) is 7.26. The van der Waals surface area contributed by atoms with Crippen molar-refractivity contribution in [3.8, 4) is 0 Å². The molecule has 1 aromatic rings. The maximum absolute atomic E-state index is 12.8. The predicted octanol–water partition coefficient (Wildman–Crippen LogP) is 0.823. The lowest BCUT2D eigenvalue weighted by Crippen LogP contribution is -2.60. The van der Waals surface area contributed by atoms with Gasteiger partial charge in [-0.1, -0.05) is 30.3 Å². The molecule has 0 saturated heterocycles. The molecule has 0 spiro atoms. The van der Waals surface area contributed by atoms with E-state index < -0.39 is 45.0 Å². The van der Waals surface area contributed by atoms with E-state index in [1.54, 1.807) is 30.3 Å². The zero-order valence-corrected chi connectivity index (χ0v) is 16.0. The van der Waals surface area contributed by atoms with Crippen LogP contribution in [0, 0.1) is 10.1 Å². The van der Waals surface area contributed by atoms with Gasteiger partial charge in [-0.15, -0.1) is 0 Å². The van der Waals surface area contributed by atoms with Crippen LogP contribution in [0.4, 0.5) is 0 Å². The zero-order valence-electron chi connectivity index (χ0n) is 15.2. The van der Waals surface area contributed by atoms with E-state index in [2.05, 4.69) is 0 Å². The molecule has 0 heterocycles. The summed E-state index contributed by atoms with van der Waals surface area (Å²) in [5, 5.41) is 8.99. The Balaban J connectivity index is 3.25. The van der Waals surface area contributed by atoms with Gasteiger partial charge >= 0.3 is 0 Å². The first-order valence-electron chi connectivity index (χ1n) is 8.31. The van der Waals surface area contributed by atoms with Crippen LogP contribution in [0.25, 0.3) is 0 Å². The molecule has 1 unspecified atom stereocenters. The third-order valence-corrected chi connectivity index (χ3v) is 5.33. The molecular formula is C16H24N2O8S. The molecule has 10 nitrogen and oxygen atoms in total. The SMILES string of the molecule is CCOC(OCC)(C(N)=O)C(CC[N+](=O)[O-])S(=O)(=O)OCc1ccccc1. The minimum atomic E-state index is -4.52. The Kier molecular flexibility index (Phi) is 8.76. The Morgan fingerprint density at radius 1 is 1.22 bits per heavy atom. The lowest BCUT2D eigenvalue weighted by atomic mass is 10.1.